The van der Waals surface area contributed by atoms with E-state index in [0.717, 1.165) is 31.0 Å². The van der Waals surface area contributed by atoms with Gasteiger partial charge in [-0.15, -0.1) is 10.2 Å². The lowest BCUT2D eigenvalue weighted by Crippen LogP contribution is -2.14. The maximum atomic E-state index is 5.86. The minimum Gasteiger partial charge on any atom is -0.396 e. The summed E-state index contributed by atoms with van der Waals surface area (Å²) < 4.78 is 2.01. The lowest BCUT2D eigenvalue weighted by atomic mass is 10.1. The molecule has 1 saturated heterocycles. The molecule has 84 valence electrons. The van der Waals surface area contributed by atoms with Crippen LogP contribution in [0.5, 0.6) is 0 Å². The van der Waals surface area contributed by atoms with Crippen molar-refractivity contribution in [3.63, 3.8) is 0 Å². The van der Waals surface area contributed by atoms with Gasteiger partial charge >= 0.3 is 0 Å². The van der Waals surface area contributed by atoms with E-state index in [0.29, 0.717) is 11.6 Å². The molecule has 1 atom stereocenters. The van der Waals surface area contributed by atoms with Crippen LogP contribution in [0.25, 0.3) is 5.65 Å². The quantitative estimate of drug-likeness (QED) is 0.765. The van der Waals surface area contributed by atoms with Crippen LogP contribution in [0.4, 0.5) is 5.69 Å². The smallest absolute Gasteiger partial charge is 0.183 e. The second-order valence-electron chi connectivity index (χ2n) is 4.46. The first-order chi connectivity index (χ1) is 7.75. The molecule has 0 saturated carbocycles. The van der Waals surface area contributed by atoms with Crippen molar-refractivity contribution in [2.24, 2.45) is 0 Å². The molecule has 1 fully saturated rings. The fourth-order valence-electron chi connectivity index (χ4n) is 2.38. The van der Waals surface area contributed by atoms with E-state index < -0.39 is 0 Å². The number of rotatable bonds is 1. The van der Waals surface area contributed by atoms with E-state index in [2.05, 4.69) is 22.1 Å². The Kier molecular flexibility index (Phi) is 2.07. The zero-order chi connectivity index (χ0) is 11.1. The normalized spacial score (nSPS) is 21.9. The van der Waals surface area contributed by atoms with Crippen LogP contribution in [0.1, 0.15) is 18.2 Å². The summed E-state index contributed by atoms with van der Waals surface area (Å²) in [5, 5.41) is 8.44. The summed E-state index contributed by atoms with van der Waals surface area (Å²) in [6, 6.07) is 3.79. The summed E-state index contributed by atoms with van der Waals surface area (Å²) in [7, 11) is 2.14. The molecule has 1 aliphatic heterocycles. The van der Waals surface area contributed by atoms with Crippen LogP contribution in [0.3, 0.4) is 0 Å². The van der Waals surface area contributed by atoms with Gasteiger partial charge in [0.15, 0.2) is 5.65 Å². The summed E-state index contributed by atoms with van der Waals surface area (Å²) in [6.45, 7) is 2.18. The molecule has 5 heteroatoms. The van der Waals surface area contributed by atoms with Gasteiger partial charge in [0, 0.05) is 18.7 Å². The standard InChI is InChI=1S/C11H15N5/c1-15-6-4-8(7-15)10-13-14-11-9(12)3-2-5-16(10)11/h2-3,5,8H,4,6-7,12H2,1H3. The van der Waals surface area contributed by atoms with E-state index in [1.54, 1.807) is 0 Å². The third-order valence-corrected chi connectivity index (χ3v) is 3.25. The van der Waals surface area contributed by atoms with Crippen molar-refractivity contribution >= 4 is 11.3 Å². The highest BCUT2D eigenvalue weighted by Gasteiger charge is 2.25. The Morgan fingerprint density at radius 2 is 2.31 bits per heavy atom. The van der Waals surface area contributed by atoms with Crippen molar-refractivity contribution in [1.29, 1.82) is 0 Å². The fourth-order valence-corrected chi connectivity index (χ4v) is 2.38. The maximum absolute atomic E-state index is 5.86. The van der Waals surface area contributed by atoms with Crippen molar-refractivity contribution in [3.8, 4) is 0 Å². The first-order valence-corrected chi connectivity index (χ1v) is 5.53. The minimum atomic E-state index is 0.474. The van der Waals surface area contributed by atoms with Crippen molar-refractivity contribution in [2.45, 2.75) is 12.3 Å². The van der Waals surface area contributed by atoms with Crippen LogP contribution in [-0.4, -0.2) is 39.6 Å². The second kappa shape index (κ2) is 3.45. The number of hydrogen-bond donors (Lipinski definition) is 1. The van der Waals surface area contributed by atoms with Crippen LogP contribution in [0.15, 0.2) is 18.3 Å². The highest BCUT2D eigenvalue weighted by molar-refractivity contribution is 5.63. The van der Waals surface area contributed by atoms with Crippen LogP contribution in [0.2, 0.25) is 0 Å². The molecule has 2 aromatic heterocycles. The van der Waals surface area contributed by atoms with E-state index in [1.165, 1.54) is 0 Å². The number of likely N-dealkylation sites (tertiary alicyclic amines) is 1. The Hall–Kier alpha value is -1.62. The number of likely N-dealkylation sites (N-methyl/N-ethyl adjacent to an activating group) is 1. The van der Waals surface area contributed by atoms with Gasteiger partial charge in [0.25, 0.3) is 0 Å². The number of aromatic nitrogens is 3. The van der Waals surface area contributed by atoms with Crippen molar-refractivity contribution < 1.29 is 0 Å². The molecular weight excluding hydrogens is 202 g/mol. The minimum absolute atomic E-state index is 0.474. The molecular formula is C11H15N5. The summed E-state index contributed by atoms with van der Waals surface area (Å²) >= 11 is 0. The first kappa shape index (κ1) is 9.59. The third-order valence-electron chi connectivity index (χ3n) is 3.25. The molecule has 3 rings (SSSR count). The lowest BCUT2D eigenvalue weighted by molar-refractivity contribution is 0.409. The van der Waals surface area contributed by atoms with E-state index in [4.69, 9.17) is 5.73 Å². The summed E-state index contributed by atoms with van der Waals surface area (Å²) in [6.07, 6.45) is 3.13. The molecule has 0 radical (unpaired) electrons. The van der Waals surface area contributed by atoms with Crippen LogP contribution >= 0.6 is 0 Å². The van der Waals surface area contributed by atoms with E-state index in [-0.39, 0.29) is 0 Å². The van der Waals surface area contributed by atoms with Crippen LogP contribution in [-0.2, 0) is 0 Å². The van der Waals surface area contributed by atoms with E-state index in [1.807, 2.05) is 22.7 Å². The monoisotopic (exact) mass is 217 g/mol. The highest BCUT2D eigenvalue weighted by atomic mass is 15.3. The Balaban J connectivity index is 2.08. The van der Waals surface area contributed by atoms with Gasteiger partial charge in [0.1, 0.15) is 5.82 Å². The van der Waals surface area contributed by atoms with Crippen molar-refractivity contribution in [1.82, 2.24) is 19.5 Å². The fraction of sp³-hybridized carbons (Fsp3) is 0.455. The van der Waals surface area contributed by atoms with E-state index in [9.17, 15) is 0 Å². The molecule has 0 aliphatic carbocycles. The van der Waals surface area contributed by atoms with Crippen LogP contribution < -0.4 is 5.73 Å². The van der Waals surface area contributed by atoms with Gasteiger partial charge in [0.2, 0.25) is 0 Å². The number of pyridine rings is 1. The third kappa shape index (κ3) is 1.36. The predicted octanol–water partition coefficient (Wildman–Crippen LogP) is 0.731. The summed E-state index contributed by atoms with van der Waals surface area (Å²) in [4.78, 5) is 2.32. The maximum Gasteiger partial charge on any atom is 0.183 e. The average Bonchev–Trinajstić information content (AvgIpc) is 2.84. The van der Waals surface area contributed by atoms with Crippen LogP contribution in [0, 0.1) is 0 Å². The molecule has 0 spiro atoms. The number of nitrogens with zero attached hydrogens (tertiary/aromatic N) is 4. The van der Waals surface area contributed by atoms with Gasteiger partial charge in [-0.2, -0.15) is 0 Å². The summed E-state index contributed by atoms with van der Waals surface area (Å²) in [5.41, 5.74) is 7.32. The van der Waals surface area contributed by atoms with Crippen molar-refractivity contribution in [3.05, 3.63) is 24.2 Å². The first-order valence-electron chi connectivity index (χ1n) is 5.53. The zero-order valence-corrected chi connectivity index (χ0v) is 9.30. The highest BCUT2D eigenvalue weighted by Crippen LogP contribution is 2.26. The molecule has 1 unspecified atom stereocenters. The molecule has 2 N–H and O–H groups in total. The molecule has 16 heavy (non-hydrogen) atoms. The number of nitrogen functional groups attached to an aromatic ring is 1. The Morgan fingerprint density at radius 3 is 3.06 bits per heavy atom. The van der Waals surface area contributed by atoms with E-state index >= 15 is 0 Å². The van der Waals surface area contributed by atoms with Gasteiger partial charge in [0.05, 0.1) is 5.69 Å². The van der Waals surface area contributed by atoms with Gasteiger partial charge in [-0.1, -0.05) is 0 Å². The Morgan fingerprint density at radius 1 is 1.44 bits per heavy atom. The number of anilines is 1. The average molecular weight is 217 g/mol. The van der Waals surface area contributed by atoms with Gasteiger partial charge in [-0.25, -0.2) is 0 Å². The largest absolute Gasteiger partial charge is 0.396 e. The van der Waals surface area contributed by atoms with Gasteiger partial charge < -0.3 is 10.6 Å². The van der Waals surface area contributed by atoms with Gasteiger partial charge in [-0.05, 0) is 32.1 Å². The number of nitrogens with two attached hydrogens (primary N) is 1. The number of hydrogen-bond acceptors (Lipinski definition) is 4. The Bertz CT molecular complexity index is 518. The molecule has 3 heterocycles. The molecule has 5 nitrogen and oxygen atoms in total. The topological polar surface area (TPSA) is 59.5 Å². The summed E-state index contributed by atoms with van der Waals surface area (Å²) in [5.74, 6) is 1.51. The number of fused-ring (bicyclic) bond motifs is 1. The molecule has 0 aromatic carbocycles. The zero-order valence-electron chi connectivity index (χ0n) is 9.30. The van der Waals surface area contributed by atoms with Gasteiger partial charge in [-0.3, -0.25) is 4.40 Å². The SMILES string of the molecule is CN1CCC(c2nnc3c(N)cccn23)C1. The lowest BCUT2D eigenvalue weighted by Gasteiger charge is -2.08. The molecule has 1 aliphatic rings. The second-order valence-corrected chi connectivity index (χ2v) is 4.46. The van der Waals surface area contributed by atoms with Crippen molar-refractivity contribution in [2.75, 3.05) is 25.9 Å². The predicted molar refractivity (Wildman–Crippen MR) is 62.3 cm³/mol. The Labute approximate surface area is 93.9 Å². The molecule has 0 bridgehead atoms. The molecule has 2 aromatic rings. The molecule has 0 amide bonds.